The predicted octanol–water partition coefficient (Wildman–Crippen LogP) is 6.21. The van der Waals surface area contributed by atoms with Crippen LogP contribution in [0.2, 0.25) is 0 Å². The van der Waals surface area contributed by atoms with E-state index in [9.17, 15) is 23.1 Å². The molecule has 0 aromatic carbocycles. The molecule has 6 nitrogen and oxygen atoms in total. The van der Waals surface area contributed by atoms with Crippen LogP contribution in [-0.4, -0.2) is 35.2 Å². The molecule has 2 aromatic heterocycles. The fourth-order valence-electron chi connectivity index (χ4n) is 4.84. The van der Waals surface area contributed by atoms with Crippen LogP contribution in [-0.2, 0) is 43.3 Å². The summed E-state index contributed by atoms with van der Waals surface area (Å²) in [4.78, 5) is 16.1. The van der Waals surface area contributed by atoms with Gasteiger partial charge < -0.3 is 20.1 Å². The number of nitrogens with one attached hydrogen (secondary N) is 2. The molecular formula is C25H34F3N3O3S2. The second-order valence-corrected chi connectivity index (χ2v) is 12.7. The van der Waals surface area contributed by atoms with E-state index in [1.165, 1.54) is 11.3 Å². The molecular weight excluding hydrogens is 511 g/mol. The number of anilines is 1. The molecule has 0 saturated heterocycles. The number of aryl methyl sites for hydroxylation is 1. The van der Waals surface area contributed by atoms with Gasteiger partial charge in [0, 0.05) is 35.0 Å². The van der Waals surface area contributed by atoms with Crippen molar-refractivity contribution in [2.24, 2.45) is 0 Å². The Morgan fingerprint density at radius 3 is 2.50 bits per heavy atom. The number of halogens is 3. The largest absolute Gasteiger partial charge is 0.425 e. The van der Waals surface area contributed by atoms with Gasteiger partial charge >= 0.3 is 12.2 Å². The predicted molar refractivity (Wildman–Crippen MR) is 137 cm³/mol. The number of likely N-dealkylation sites (N-methyl/N-ethyl adjacent to an activating group) is 1. The first kappa shape index (κ1) is 27.4. The molecule has 2 amide bonds. The molecule has 0 spiro atoms. The van der Waals surface area contributed by atoms with Gasteiger partial charge in [0.05, 0.1) is 5.60 Å². The van der Waals surface area contributed by atoms with Gasteiger partial charge in [0.1, 0.15) is 9.88 Å². The molecule has 3 N–H and O–H groups in total. The number of fused-ring (bicyclic) bond motifs is 2. The number of carbonyl (C=O) groups excluding carboxylic acids is 1. The van der Waals surface area contributed by atoms with E-state index in [2.05, 4.69) is 10.6 Å². The lowest BCUT2D eigenvalue weighted by atomic mass is 10.0. The lowest BCUT2D eigenvalue weighted by Crippen LogP contribution is -2.31. The molecule has 1 aliphatic carbocycles. The van der Waals surface area contributed by atoms with Crippen molar-refractivity contribution in [1.82, 2.24) is 10.2 Å². The summed E-state index contributed by atoms with van der Waals surface area (Å²) < 4.78 is 47.1. The fourth-order valence-corrected chi connectivity index (χ4v) is 7.46. The third-order valence-corrected chi connectivity index (χ3v) is 8.97. The first-order valence-electron chi connectivity index (χ1n) is 12.3. The standard InChI is InChI=1S/C25H34F3N3O3S2/c1-24(2,3)34-22(32)19-15-8-6-5-7-9-17(15)36-21(19)30-23(33)29-12-16-14-10-11-31(4)13-18(14)35-20(16)25(26,27)28/h22,32H,5-13H2,1-4H3,(H2,29,30,33). The summed E-state index contributed by atoms with van der Waals surface area (Å²) in [5.41, 5.74) is 1.83. The van der Waals surface area contributed by atoms with Gasteiger partial charge in [-0.3, -0.25) is 5.32 Å². The van der Waals surface area contributed by atoms with E-state index in [0.29, 0.717) is 40.5 Å². The second-order valence-electron chi connectivity index (χ2n) is 10.5. The summed E-state index contributed by atoms with van der Waals surface area (Å²) in [5, 5.41) is 16.9. The average Bonchev–Trinajstić information content (AvgIpc) is 3.19. The van der Waals surface area contributed by atoms with Crippen molar-refractivity contribution in [2.75, 3.05) is 18.9 Å². The maximum absolute atomic E-state index is 13.8. The molecule has 0 radical (unpaired) electrons. The lowest BCUT2D eigenvalue weighted by molar-refractivity contribution is -0.169. The topological polar surface area (TPSA) is 73.8 Å². The number of hydrogen-bond acceptors (Lipinski definition) is 6. The minimum atomic E-state index is -4.47. The Morgan fingerprint density at radius 2 is 1.81 bits per heavy atom. The van der Waals surface area contributed by atoms with Crippen molar-refractivity contribution in [3.05, 3.63) is 36.9 Å². The Morgan fingerprint density at radius 1 is 1.08 bits per heavy atom. The Balaban J connectivity index is 1.55. The summed E-state index contributed by atoms with van der Waals surface area (Å²) in [6.45, 7) is 6.48. The highest BCUT2D eigenvalue weighted by Gasteiger charge is 2.39. The number of aliphatic hydroxyl groups is 1. The summed E-state index contributed by atoms with van der Waals surface area (Å²) in [6, 6.07) is -0.600. The van der Waals surface area contributed by atoms with Crippen LogP contribution < -0.4 is 10.6 Å². The maximum Gasteiger partial charge on any atom is 0.425 e. The zero-order valence-electron chi connectivity index (χ0n) is 21.1. The van der Waals surface area contributed by atoms with Crippen LogP contribution in [0.3, 0.4) is 0 Å². The fraction of sp³-hybridized carbons (Fsp3) is 0.640. The van der Waals surface area contributed by atoms with Crippen molar-refractivity contribution < 1.29 is 27.8 Å². The van der Waals surface area contributed by atoms with E-state index < -0.39 is 29.0 Å². The normalized spacial score (nSPS) is 17.8. The van der Waals surface area contributed by atoms with Crippen molar-refractivity contribution >= 4 is 33.7 Å². The van der Waals surface area contributed by atoms with Crippen LogP contribution >= 0.6 is 22.7 Å². The van der Waals surface area contributed by atoms with Gasteiger partial charge in [-0.05, 0) is 76.6 Å². The smallest absolute Gasteiger partial charge is 0.364 e. The van der Waals surface area contributed by atoms with Gasteiger partial charge in [0.15, 0.2) is 6.29 Å². The molecule has 2 aromatic rings. The van der Waals surface area contributed by atoms with Gasteiger partial charge in [-0.15, -0.1) is 22.7 Å². The third kappa shape index (κ3) is 6.24. The minimum Gasteiger partial charge on any atom is -0.364 e. The number of aliphatic hydroxyl groups excluding tert-OH is 1. The van der Waals surface area contributed by atoms with E-state index in [4.69, 9.17) is 4.74 Å². The third-order valence-electron chi connectivity index (χ3n) is 6.44. The monoisotopic (exact) mass is 545 g/mol. The number of alkyl halides is 3. The number of hydrogen-bond donors (Lipinski definition) is 3. The van der Waals surface area contributed by atoms with Crippen molar-refractivity contribution in [2.45, 2.75) is 90.5 Å². The maximum atomic E-state index is 13.8. The van der Waals surface area contributed by atoms with E-state index in [1.54, 1.807) is 0 Å². The molecule has 200 valence electrons. The summed E-state index contributed by atoms with van der Waals surface area (Å²) in [7, 11) is 1.89. The van der Waals surface area contributed by atoms with Crippen molar-refractivity contribution in [3.63, 3.8) is 0 Å². The van der Waals surface area contributed by atoms with Crippen LogP contribution in [0.1, 0.15) is 83.2 Å². The Hall–Kier alpha value is -1.66. The minimum absolute atomic E-state index is 0.157. The highest BCUT2D eigenvalue weighted by atomic mass is 32.1. The molecule has 1 aliphatic heterocycles. The van der Waals surface area contributed by atoms with Gasteiger partial charge in [-0.25, -0.2) is 4.79 Å². The van der Waals surface area contributed by atoms with Crippen LogP contribution in [0.5, 0.6) is 0 Å². The highest BCUT2D eigenvalue weighted by Crippen LogP contribution is 2.44. The molecule has 4 rings (SSSR count). The summed E-state index contributed by atoms with van der Waals surface area (Å²) in [5.74, 6) is 0. The first-order valence-corrected chi connectivity index (χ1v) is 13.9. The zero-order valence-corrected chi connectivity index (χ0v) is 22.7. The van der Waals surface area contributed by atoms with Gasteiger partial charge in [-0.2, -0.15) is 13.2 Å². The Kier molecular flexibility index (Phi) is 8.07. The van der Waals surface area contributed by atoms with E-state index in [1.807, 2.05) is 32.7 Å². The number of rotatable bonds is 5. The van der Waals surface area contributed by atoms with E-state index >= 15 is 0 Å². The van der Waals surface area contributed by atoms with E-state index in [0.717, 1.165) is 53.9 Å². The molecule has 1 atom stereocenters. The van der Waals surface area contributed by atoms with E-state index in [-0.39, 0.29) is 12.1 Å². The molecule has 11 heteroatoms. The first-order chi connectivity index (χ1) is 16.8. The summed E-state index contributed by atoms with van der Waals surface area (Å²) >= 11 is 2.19. The second kappa shape index (κ2) is 10.6. The van der Waals surface area contributed by atoms with Crippen LogP contribution in [0, 0.1) is 0 Å². The summed E-state index contributed by atoms with van der Waals surface area (Å²) in [6.07, 6.45) is -0.381. The number of nitrogens with zero attached hydrogens (tertiary/aromatic N) is 1. The molecule has 0 fully saturated rings. The average molecular weight is 546 g/mol. The number of carbonyl (C=O) groups is 1. The number of thiophene rings is 2. The molecule has 3 heterocycles. The molecule has 1 unspecified atom stereocenters. The quantitative estimate of drug-likeness (QED) is 0.308. The Bertz CT molecular complexity index is 1100. The molecule has 36 heavy (non-hydrogen) atoms. The van der Waals surface area contributed by atoms with Crippen LogP contribution in [0.25, 0.3) is 0 Å². The highest BCUT2D eigenvalue weighted by molar-refractivity contribution is 7.16. The number of ether oxygens (including phenoxy) is 1. The van der Waals surface area contributed by atoms with Gasteiger partial charge in [0.25, 0.3) is 0 Å². The van der Waals surface area contributed by atoms with Crippen molar-refractivity contribution in [1.29, 1.82) is 0 Å². The van der Waals surface area contributed by atoms with Gasteiger partial charge in [0.2, 0.25) is 0 Å². The van der Waals surface area contributed by atoms with Crippen LogP contribution in [0.4, 0.5) is 23.0 Å². The number of amides is 2. The molecule has 2 aliphatic rings. The zero-order chi connectivity index (χ0) is 26.3. The SMILES string of the molecule is CN1CCc2c(sc(C(F)(F)F)c2CNC(=O)Nc2sc3c(c2C(O)OC(C)(C)C)CCCCC3)C1. The molecule has 0 saturated carbocycles. The Labute approximate surface area is 217 Å². The van der Waals surface area contributed by atoms with Gasteiger partial charge in [-0.1, -0.05) is 6.42 Å². The molecule has 0 bridgehead atoms. The van der Waals surface area contributed by atoms with Crippen LogP contribution in [0.15, 0.2) is 0 Å². The van der Waals surface area contributed by atoms with Crippen molar-refractivity contribution in [3.8, 4) is 0 Å². The number of urea groups is 1. The lowest BCUT2D eigenvalue weighted by Gasteiger charge is -2.25.